The number of para-hydroxylation sites is 1. The molecular weight excluding hydrogens is 374 g/mol. The second kappa shape index (κ2) is 10.0. The van der Waals surface area contributed by atoms with E-state index in [1.165, 1.54) is 0 Å². The van der Waals surface area contributed by atoms with E-state index in [0.717, 1.165) is 17.7 Å². The van der Waals surface area contributed by atoms with Crippen LogP contribution in [-0.4, -0.2) is 43.0 Å². The number of carbonyl (C=O) groups excluding carboxylic acids is 4. The van der Waals surface area contributed by atoms with Crippen molar-refractivity contribution < 1.29 is 23.9 Å². The second-order valence-electron chi connectivity index (χ2n) is 7.56. The molecule has 1 fully saturated rings. The molecule has 1 aliphatic heterocycles. The van der Waals surface area contributed by atoms with E-state index in [1.54, 1.807) is 18.7 Å². The van der Waals surface area contributed by atoms with Gasteiger partial charge in [0.05, 0.1) is 5.92 Å². The van der Waals surface area contributed by atoms with Gasteiger partial charge in [-0.25, -0.2) is 4.79 Å². The summed E-state index contributed by atoms with van der Waals surface area (Å²) in [6.07, 6.45) is 0.965. The Bertz CT molecular complexity index is 777. The Balaban J connectivity index is 1.94. The summed E-state index contributed by atoms with van der Waals surface area (Å²) in [6, 6.07) is 6.91. The molecule has 0 spiro atoms. The third kappa shape index (κ3) is 6.04. The Kier molecular flexibility index (Phi) is 7.75. The average Bonchev–Trinajstić information content (AvgIpc) is 3.06. The first-order chi connectivity index (χ1) is 13.7. The van der Waals surface area contributed by atoms with Gasteiger partial charge in [0.15, 0.2) is 6.61 Å². The van der Waals surface area contributed by atoms with Gasteiger partial charge in [-0.05, 0) is 37.8 Å². The number of imide groups is 1. The van der Waals surface area contributed by atoms with Gasteiger partial charge in [-0.3, -0.25) is 19.7 Å². The van der Waals surface area contributed by atoms with Gasteiger partial charge in [0, 0.05) is 24.7 Å². The van der Waals surface area contributed by atoms with Crippen molar-refractivity contribution in [3.05, 3.63) is 29.8 Å². The molecule has 1 aromatic carbocycles. The Labute approximate surface area is 171 Å². The number of amides is 4. The first-order valence-corrected chi connectivity index (χ1v) is 9.89. The van der Waals surface area contributed by atoms with E-state index in [9.17, 15) is 19.2 Å². The molecule has 8 heteroatoms. The lowest BCUT2D eigenvalue weighted by atomic mass is 9.96. The minimum absolute atomic E-state index is 0.0309. The van der Waals surface area contributed by atoms with Crippen LogP contribution >= 0.6 is 0 Å². The van der Waals surface area contributed by atoms with Crippen molar-refractivity contribution in [2.75, 3.05) is 18.1 Å². The van der Waals surface area contributed by atoms with Gasteiger partial charge in [0.25, 0.3) is 5.91 Å². The first kappa shape index (κ1) is 22.4. The maximum atomic E-state index is 12.5. The highest BCUT2D eigenvalue weighted by atomic mass is 16.5. The van der Waals surface area contributed by atoms with E-state index < -0.39 is 30.4 Å². The molecule has 2 N–H and O–H groups in total. The summed E-state index contributed by atoms with van der Waals surface area (Å²) in [5, 5.41) is 4.59. The van der Waals surface area contributed by atoms with E-state index in [-0.39, 0.29) is 30.8 Å². The number of esters is 1. The van der Waals surface area contributed by atoms with E-state index in [4.69, 9.17) is 4.74 Å². The lowest BCUT2D eigenvalue weighted by Crippen LogP contribution is -2.44. The molecule has 1 heterocycles. The van der Waals surface area contributed by atoms with Crippen molar-refractivity contribution in [1.82, 2.24) is 10.6 Å². The number of carbonyl (C=O) groups is 4. The molecule has 2 atom stereocenters. The number of rotatable bonds is 7. The molecule has 0 aliphatic carbocycles. The Morgan fingerprint density at radius 2 is 1.90 bits per heavy atom. The van der Waals surface area contributed by atoms with Gasteiger partial charge in [-0.2, -0.15) is 0 Å². The zero-order valence-electron chi connectivity index (χ0n) is 17.4. The van der Waals surface area contributed by atoms with Crippen LogP contribution < -0.4 is 15.5 Å². The van der Waals surface area contributed by atoms with Crippen LogP contribution in [0, 0.1) is 5.92 Å². The maximum absolute atomic E-state index is 12.5. The van der Waals surface area contributed by atoms with Gasteiger partial charge in [0.1, 0.15) is 0 Å². The van der Waals surface area contributed by atoms with E-state index in [0.29, 0.717) is 0 Å². The summed E-state index contributed by atoms with van der Waals surface area (Å²) >= 11 is 0. The van der Waals surface area contributed by atoms with Crippen LogP contribution in [0.5, 0.6) is 0 Å². The number of hydrogen-bond donors (Lipinski definition) is 2. The lowest BCUT2D eigenvalue weighted by Gasteiger charge is -2.23. The van der Waals surface area contributed by atoms with E-state index >= 15 is 0 Å². The number of anilines is 1. The minimum Gasteiger partial charge on any atom is -0.455 e. The van der Waals surface area contributed by atoms with Crippen LogP contribution in [0.25, 0.3) is 0 Å². The van der Waals surface area contributed by atoms with E-state index in [1.807, 2.05) is 24.3 Å². The molecule has 0 aromatic heterocycles. The molecule has 4 amide bonds. The normalized spacial score (nSPS) is 17.2. The Morgan fingerprint density at radius 3 is 2.55 bits per heavy atom. The van der Waals surface area contributed by atoms with Crippen molar-refractivity contribution in [3.63, 3.8) is 0 Å². The summed E-state index contributed by atoms with van der Waals surface area (Å²) in [7, 11) is 0. The highest BCUT2D eigenvalue weighted by Gasteiger charge is 2.37. The third-order valence-corrected chi connectivity index (χ3v) is 4.85. The topological polar surface area (TPSA) is 105 Å². The number of ether oxygens (including phenoxy) is 1. The van der Waals surface area contributed by atoms with Crippen LogP contribution in [0.15, 0.2) is 24.3 Å². The van der Waals surface area contributed by atoms with Gasteiger partial charge in [0.2, 0.25) is 5.91 Å². The number of hydrogen-bond acceptors (Lipinski definition) is 5. The average molecular weight is 403 g/mol. The molecule has 0 saturated carbocycles. The molecule has 2 rings (SSSR count). The smallest absolute Gasteiger partial charge is 0.321 e. The Morgan fingerprint density at radius 1 is 1.21 bits per heavy atom. The van der Waals surface area contributed by atoms with Crippen molar-refractivity contribution in [3.8, 4) is 0 Å². The molecule has 1 saturated heterocycles. The largest absolute Gasteiger partial charge is 0.455 e. The fourth-order valence-corrected chi connectivity index (χ4v) is 3.18. The molecule has 0 radical (unpaired) electrons. The lowest BCUT2D eigenvalue weighted by molar-refractivity contribution is -0.152. The van der Waals surface area contributed by atoms with E-state index in [2.05, 4.69) is 24.5 Å². The fourth-order valence-electron chi connectivity index (χ4n) is 3.18. The quantitative estimate of drug-likeness (QED) is 0.680. The molecular formula is C21H29N3O5. The maximum Gasteiger partial charge on any atom is 0.321 e. The zero-order valence-corrected chi connectivity index (χ0v) is 17.4. The van der Waals surface area contributed by atoms with Crippen LogP contribution in [0.1, 0.15) is 52.0 Å². The highest BCUT2D eigenvalue weighted by Crippen LogP contribution is 2.33. The molecule has 0 unspecified atom stereocenters. The van der Waals surface area contributed by atoms with Gasteiger partial charge in [-0.1, -0.05) is 32.0 Å². The van der Waals surface area contributed by atoms with Gasteiger partial charge >= 0.3 is 12.0 Å². The summed E-state index contributed by atoms with van der Waals surface area (Å²) in [5.74, 6) is -1.86. The SMILES string of the molecule is CC[C@@H](C)c1ccccc1N1C[C@H](C(=O)OCC(=O)NC(=O)NC(C)C)CC1=O. The number of nitrogens with zero attached hydrogens (tertiary/aromatic N) is 1. The number of benzene rings is 1. The minimum atomic E-state index is -0.722. The van der Waals surface area contributed by atoms with Crippen LogP contribution in [0.4, 0.5) is 10.5 Å². The van der Waals surface area contributed by atoms with Crippen molar-refractivity contribution >= 4 is 29.5 Å². The fraction of sp³-hybridized carbons (Fsp3) is 0.524. The molecule has 1 aliphatic rings. The number of nitrogens with one attached hydrogen (secondary N) is 2. The van der Waals surface area contributed by atoms with Gasteiger partial charge < -0.3 is 15.0 Å². The molecule has 158 valence electrons. The van der Waals surface area contributed by atoms with Crippen molar-refractivity contribution in [1.29, 1.82) is 0 Å². The van der Waals surface area contributed by atoms with Crippen molar-refractivity contribution in [2.24, 2.45) is 5.92 Å². The second-order valence-corrected chi connectivity index (χ2v) is 7.56. The van der Waals surface area contributed by atoms with Crippen molar-refractivity contribution in [2.45, 2.75) is 52.5 Å². The molecule has 1 aromatic rings. The number of urea groups is 1. The highest BCUT2D eigenvalue weighted by molar-refractivity contribution is 6.00. The summed E-state index contributed by atoms with van der Waals surface area (Å²) in [5.41, 5.74) is 1.87. The molecule has 29 heavy (non-hydrogen) atoms. The summed E-state index contributed by atoms with van der Waals surface area (Å²) in [6.45, 7) is 7.33. The standard InChI is InChI=1S/C21H29N3O5/c1-5-14(4)16-8-6-7-9-17(16)24-11-15(10-19(24)26)20(27)29-12-18(25)23-21(28)22-13(2)3/h6-9,13-15H,5,10-12H2,1-4H3,(H2,22,23,25,28)/t14-,15-/m1/s1. The van der Waals surface area contributed by atoms with Crippen LogP contribution in [-0.2, 0) is 19.1 Å². The third-order valence-electron chi connectivity index (χ3n) is 4.85. The van der Waals surface area contributed by atoms with Gasteiger partial charge in [-0.15, -0.1) is 0 Å². The predicted molar refractivity (Wildman–Crippen MR) is 108 cm³/mol. The summed E-state index contributed by atoms with van der Waals surface area (Å²) < 4.78 is 5.02. The Hall–Kier alpha value is -2.90. The first-order valence-electron chi connectivity index (χ1n) is 9.89. The summed E-state index contributed by atoms with van der Waals surface area (Å²) in [4.78, 5) is 49.7. The monoisotopic (exact) mass is 403 g/mol. The predicted octanol–water partition coefficient (Wildman–Crippen LogP) is 2.33. The van der Waals surface area contributed by atoms with Crippen LogP contribution in [0.3, 0.4) is 0 Å². The zero-order chi connectivity index (χ0) is 21.6. The molecule has 0 bridgehead atoms. The molecule has 8 nitrogen and oxygen atoms in total. The van der Waals surface area contributed by atoms with Crippen LogP contribution in [0.2, 0.25) is 0 Å².